The van der Waals surface area contributed by atoms with Gasteiger partial charge in [-0.15, -0.1) is 12.4 Å². The predicted molar refractivity (Wildman–Crippen MR) is 63.6 cm³/mol. The summed E-state index contributed by atoms with van der Waals surface area (Å²) in [5, 5.41) is 2.35. The molecule has 0 heterocycles. The van der Waals surface area contributed by atoms with Gasteiger partial charge in [0.2, 0.25) is 0 Å². The lowest BCUT2D eigenvalue weighted by atomic mass is 10.2. The molecular formula is C10H15Cl2NO. The Morgan fingerprint density at radius 2 is 1.57 bits per heavy atom. The third kappa shape index (κ3) is 6.89. The first-order valence-corrected chi connectivity index (χ1v) is 4.34. The lowest BCUT2D eigenvalue weighted by Crippen LogP contribution is -1.89. The normalized spacial score (nSPS) is 8.00. The summed E-state index contributed by atoms with van der Waals surface area (Å²) in [6, 6.07) is 7.14. The minimum atomic E-state index is -0.403. The summed E-state index contributed by atoms with van der Waals surface area (Å²) >= 11 is 5.22. The van der Waals surface area contributed by atoms with E-state index in [0.717, 1.165) is 5.56 Å². The summed E-state index contributed by atoms with van der Waals surface area (Å²) in [5.41, 5.74) is 1.67. The Labute approximate surface area is 96.1 Å². The van der Waals surface area contributed by atoms with E-state index in [1.165, 1.54) is 0 Å². The largest absolute Gasteiger partial charge is 0.323 e. The van der Waals surface area contributed by atoms with E-state index < -0.39 is 5.24 Å². The smallest absolute Gasteiger partial charge is 0.252 e. The van der Waals surface area contributed by atoms with Gasteiger partial charge in [-0.2, -0.15) is 0 Å². The van der Waals surface area contributed by atoms with Gasteiger partial charge in [0.15, 0.2) is 0 Å². The van der Waals surface area contributed by atoms with Crippen molar-refractivity contribution in [2.45, 2.75) is 6.92 Å². The molecule has 0 radical (unpaired) electrons. The molecule has 80 valence electrons. The summed E-state index contributed by atoms with van der Waals surface area (Å²) in [7, 11) is 3.75. The molecule has 0 aliphatic rings. The summed E-state index contributed by atoms with van der Waals surface area (Å²) in [5.74, 6) is 0. The molecule has 2 nitrogen and oxygen atoms in total. The van der Waals surface area contributed by atoms with E-state index in [9.17, 15) is 4.79 Å². The van der Waals surface area contributed by atoms with E-state index in [-0.39, 0.29) is 12.4 Å². The standard InChI is InChI=1S/C8H7ClO.C2H7N.ClH/c1-6-2-4-7(5-3-6)8(9)10;1-3-2;/h2-5H,1H3;3H,1-2H3;1H. The number of hydrogen-bond donors (Lipinski definition) is 1. The number of rotatable bonds is 1. The van der Waals surface area contributed by atoms with Gasteiger partial charge in [-0.3, -0.25) is 4.79 Å². The van der Waals surface area contributed by atoms with Crippen molar-refractivity contribution in [1.82, 2.24) is 5.32 Å². The maximum Gasteiger partial charge on any atom is 0.252 e. The lowest BCUT2D eigenvalue weighted by Gasteiger charge is -1.92. The fourth-order valence-electron chi connectivity index (χ4n) is 0.685. The van der Waals surface area contributed by atoms with Crippen molar-refractivity contribution < 1.29 is 4.79 Å². The van der Waals surface area contributed by atoms with Crippen LogP contribution >= 0.6 is 24.0 Å². The molecule has 0 spiro atoms. The molecule has 0 unspecified atom stereocenters. The van der Waals surface area contributed by atoms with Crippen LogP contribution in [0.25, 0.3) is 0 Å². The van der Waals surface area contributed by atoms with E-state index >= 15 is 0 Å². The molecule has 1 rings (SSSR count). The molecule has 1 aromatic rings. The Hall–Kier alpha value is -0.570. The van der Waals surface area contributed by atoms with Crippen LogP contribution in [-0.4, -0.2) is 19.3 Å². The van der Waals surface area contributed by atoms with Gasteiger partial charge in [-0.05, 0) is 44.8 Å². The monoisotopic (exact) mass is 235 g/mol. The zero-order valence-electron chi connectivity index (χ0n) is 8.50. The minimum Gasteiger partial charge on any atom is -0.323 e. The van der Waals surface area contributed by atoms with Crippen molar-refractivity contribution in [2.24, 2.45) is 0 Å². The van der Waals surface area contributed by atoms with Gasteiger partial charge in [0, 0.05) is 5.56 Å². The van der Waals surface area contributed by atoms with Crippen LogP contribution in [0.3, 0.4) is 0 Å². The van der Waals surface area contributed by atoms with Crippen molar-refractivity contribution in [3.8, 4) is 0 Å². The van der Waals surface area contributed by atoms with Crippen molar-refractivity contribution >= 4 is 29.3 Å². The Bertz CT molecular complexity index is 259. The molecule has 14 heavy (non-hydrogen) atoms. The first-order valence-electron chi connectivity index (χ1n) is 3.96. The molecular weight excluding hydrogens is 221 g/mol. The second-order valence-corrected chi connectivity index (χ2v) is 2.98. The summed E-state index contributed by atoms with van der Waals surface area (Å²) < 4.78 is 0. The Kier molecular flexibility index (Phi) is 10.2. The second kappa shape index (κ2) is 9.00. The molecule has 0 aliphatic heterocycles. The van der Waals surface area contributed by atoms with Crippen LogP contribution in [0.5, 0.6) is 0 Å². The van der Waals surface area contributed by atoms with Crippen LogP contribution in [0.1, 0.15) is 15.9 Å². The van der Waals surface area contributed by atoms with Gasteiger partial charge in [0.1, 0.15) is 0 Å². The molecule has 0 saturated carbocycles. The van der Waals surface area contributed by atoms with E-state index in [1.54, 1.807) is 12.1 Å². The molecule has 0 saturated heterocycles. The lowest BCUT2D eigenvalue weighted by molar-refractivity contribution is 0.108. The first kappa shape index (κ1) is 15.9. The third-order valence-electron chi connectivity index (χ3n) is 1.28. The van der Waals surface area contributed by atoms with Crippen LogP contribution in [0.2, 0.25) is 0 Å². The number of hydrogen-bond acceptors (Lipinski definition) is 2. The number of benzene rings is 1. The molecule has 0 atom stereocenters. The average molecular weight is 236 g/mol. The number of carbonyl (C=O) groups is 1. The third-order valence-corrected chi connectivity index (χ3v) is 1.50. The Balaban J connectivity index is 0. The second-order valence-electron chi connectivity index (χ2n) is 2.64. The van der Waals surface area contributed by atoms with Crippen LogP contribution in [0.15, 0.2) is 24.3 Å². The number of carbonyl (C=O) groups excluding carboxylic acids is 1. The van der Waals surface area contributed by atoms with E-state index in [4.69, 9.17) is 11.6 Å². The SMILES string of the molecule is CNC.Cc1ccc(C(=O)Cl)cc1.Cl. The molecule has 0 bridgehead atoms. The maximum atomic E-state index is 10.5. The summed E-state index contributed by atoms with van der Waals surface area (Å²) in [6.07, 6.45) is 0. The summed E-state index contributed by atoms with van der Waals surface area (Å²) in [6.45, 7) is 1.96. The molecule has 0 aliphatic carbocycles. The topological polar surface area (TPSA) is 29.1 Å². The van der Waals surface area contributed by atoms with Crippen molar-refractivity contribution in [3.63, 3.8) is 0 Å². The highest BCUT2D eigenvalue weighted by molar-refractivity contribution is 6.67. The van der Waals surface area contributed by atoms with Crippen molar-refractivity contribution in [2.75, 3.05) is 14.1 Å². The van der Waals surface area contributed by atoms with Crippen molar-refractivity contribution in [3.05, 3.63) is 35.4 Å². The van der Waals surface area contributed by atoms with Crippen molar-refractivity contribution in [1.29, 1.82) is 0 Å². The van der Waals surface area contributed by atoms with Crippen LogP contribution in [0, 0.1) is 6.92 Å². The highest BCUT2D eigenvalue weighted by atomic mass is 35.5. The molecule has 4 heteroatoms. The van der Waals surface area contributed by atoms with Gasteiger partial charge < -0.3 is 5.32 Å². The molecule has 1 aromatic carbocycles. The Morgan fingerprint density at radius 3 is 1.86 bits per heavy atom. The fourth-order valence-corrected chi connectivity index (χ4v) is 0.811. The number of halogens is 2. The minimum absolute atomic E-state index is 0. The number of nitrogens with one attached hydrogen (secondary N) is 1. The first-order chi connectivity index (χ1) is 6.11. The van der Waals surface area contributed by atoms with Gasteiger partial charge in [0.05, 0.1) is 0 Å². The van der Waals surface area contributed by atoms with Crippen LogP contribution in [0.4, 0.5) is 0 Å². The van der Waals surface area contributed by atoms with E-state index in [1.807, 2.05) is 33.2 Å². The fraction of sp³-hybridized carbons (Fsp3) is 0.300. The van der Waals surface area contributed by atoms with Gasteiger partial charge in [-0.1, -0.05) is 17.7 Å². The van der Waals surface area contributed by atoms with Gasteiger partial charge in [-0.25, -0.2) is 0 Å². The average Bonchev–Trinajstić information content (AvgIpc) is 2.06. The van der Waals surface area contributed by atoms with E-state index in [2.05, 4.69) is 5.32 Å². The van der Waals surface area contributed by atoms with Gasteiger partial charge in [0.25, 0.3) is 5.24 Å². The predicted octanol–water partition coefficient (Wildman–Crippen LogP) is 2.63. The molecule has 0 fully saturated rings. The van der Waals surface area contributed by atoms with Crippen LogP contribution in [-0.2, 0) is 0 Å². The highest BCUT2D eigenvalue weighted by Gasteiger charge is 1.97. The molecule has 1 N–H and O–H groups in total. The number of aryl methyl sites for hydroxylation is 1. The quantitative estimate of drug-likeness (QED) is 0.759. The Morgan fingerprint density at radius 1 is 1.21 bits per heavy atom. The van der Waals surface area contributed by atoms with E-state index in [0.29, 0.717) is 5.56 Å². The zero-order valence-corrected chi connectivity index (χ0v) is 10.1. The highest BCUT2D eigenvalue weighted by Crippen LogP contribution is 2.05. The summed E-state index contributed by atoms with van der Waals surface area (Å²) in [4.78, 5) is 10.5. The molecule has 0 amide bonds. The molecule has 0 aromatic heterocycles. The zero-order chi connectivity index (χ0) is 10.3. The van der Waals surface area contributed by atoms with Crippen LogP contribution < -0.4 is 5.32 Å². The van der Waals surface area contributed by atoms with Gasteiger partial charge >= 0.3 is 0 Å². The maximum absolute atomic E-state index is 10.5.